The minimum absolute atomic E-state index is 0.107. The molecule has 0 saturated carbocycles. The molecule has 9 heteroatoms. The maximum Gasteiger partial charge on any atom is 0.239 e. The maximum atomic E-state index is 12.8. The third kappa shape index (κ3) is 3.83. The molecular weight excluding hydrogens is 380 g/mol. The molecule has 1 amide bonds. The van der Waals surface area contributed by atoms with Gasteiger partial charge in [-0.1, -0.05) is 60.4 Å². The van der Waals surface area contributed by atoms with Gasteiger partial charge in [0, 0.05) is 0 Å². The lowest BCUT2D eigenvalue weighted by Crippen LogP contribution is -2.25. The Morgan fingerprint density at radius 3 is 2.74 bits per heavy atom. The van der Waals surface area contributed by atoms with Gasteiger partial charge in [-0.3, -0.25) is 4.79 Å². The fourth-order valence-corrected chi connectivity index (χ4v) is 4.33. The van der Waals surface area contributed by atoms with E-state index in [-0.39, 0.29) is 11.2 Å². The normalized spacial score (nSPS) is 12.2. The molecule has 27 heavy (non-hydrogen) atoms. The van der Waals surface area contributed by atoms with Crippen molar-refractivity contribution in [2.24, 2.45) is 0 Å². The number of tetrazole rings is 1. The van der Waals surface area contributed by atoms with Crippen molar-refractivity contribution in [3.63, 3.8) is 0 Å². The molecule has 0 spiro atoms. The number of aromatic nitrogens is 5. The van der Waals surface area contributed by atoms with E-state index in [1.807, 2.05) is 61.5 Å². The van der Waals surface area contributed by atoms with Crippen molar-refractivity contribution >= 4 is 44.4 Å². The van der Waals surface area contributed by atoms with Gasteiger partial charge in [0.05, 0.1) is 21.2 Å². The number of nitrogens with zero attached hydrogens (tertiary/aromatic N) is 5. The van der Waals surface area contributed by atoms with Gasteiger partial charge in [-0.25, -0.2) is 4.98 Å². The van der Waals surface area contributed by atoms with Crippen LogP contribution in [-0.2, 0) is 4.79 Å². The predicted molar refractivity (Wildman–Crippen MR) is 107 cm³/mol. The number of fused-ring (bicyclic) bond motifs is 1. The Kier molecular flexibility index (Phi) is 5.12. The molecule has 1 atom stereocenters. The summed E-state index contributed by atoms with van der Waals surface area (Å²) < 4.78 is 2.68. The van der Waals surface area contributed by atoms with Crippen molar-refractivity contribution in [1.29, 1.82) is 0 Å². The summed E-state index contributed by atoms with van der Waals surface area (Å²) in [5.41, 5.74) is 1.73. The van der Waals surface area contributed by atoms with Gasteiger partial charge in [-0.05, 0) is 41.1 Å². The Morgan fingerprint density at radius 1 is 1.19 bits per heavy atom. The molecule has 2 aromatic heterocycles. The number of carbonyl (C=O) groups is 1. The van der Waals surface area contributed by atoms with Crippen molar-refractivity contribution in [3.05, 3.63) is 54.6 Å². The summed E-state index contributed by atoms with van der Waals surface area (Å²) in [4.78, 5) is 17.2. The van der Waals surface area contributed by atoms with E-state index in [0.29, 0.717) is 16.7 Å². The molecule has 0 aliphatic rings. The van der Waals surface area contributed by atoms with Gasteiger partial charge in [-0.15, -0.1) is 5.10 Å². The summed E-state index contributed by atoms with van der Waals surface area (Å²) in [6.07, 6.45) is 0.642. The number of para-hydroxylation sites is 2. The minimum Gasteiger partial charge on any atom is -0.301 e. The summed E-state index contributed by atoms with van der Waals surface area (Å²) in [5.74, 6) is -0.107. The standard InChI is InChI=1S/C18H16N6OS2/c1-2-14(16(25)20-17-19-13-10-6-7-11-15(13)26-17)27-18-21-22-23-24(18)12-8-4-3-5-9-12/h3-11,14H,2H2,1H3,(H,19,20,25)/t14-/m1/s1. The number of carbonyl (C=O) groups excluding carboxylic acids is 1. The number of thiazole rings is 1. The zero-order valence-corrected chi connectivity index (χ0v) is 16.1. The molecule has 0 bridgehead atoms. The van der Waals surface area contributed by atoms with Gasteiger partial charge < -0.3 is 5.32 Å². The first-order valence-corrected chi connectivity index (χ1v) is 10.1. The van der Waals surface area contributed by atoms with Crippen LogP contribution < -0.4 is 5.32 Å². The zero-order chi connectivity index (χ0) is 18.6. The summed E-state index contributed by atoms with van der Waals surface area (Å²) >= 11 is 2.81. The zero-order valence-electron chi connectivity index (χ0n) is 14.4. The lowest BCUT2D eigenvalue weighted by molar-refractivity contribution is -0.115. The number of benzene rings is 2. The van der Waals surface area contributed by atoms with Crippen molar-refractivity contribution in [3.8, 4) is 5.69 Å². The minimum atomic E-state index is -0.328. The van der Waals surface area contributed by atoms with Gasteiger partial charge in [0.2, 0.25) is 11.1 Å². The average molecular weight is 397 g/mol. The predicted octanol–water partition coefficient (Wildman–Crippen LogP) is 3.78. The van der Waals surface area contributed by atoms with E-state index in [0.717, 1.165) is 15.9 Å². The van der Waals surface area contributed by atoms with Crippen LogP contribution in [0.5, 0.6) is 0 Å². The van der Waals surface area contributed by atoms with Crippen LogP contribution in [0.25, 0.3) is 15.9 Å². The van der Waals surface area contributed by atoms with Crippen LogP contribution in [0.4, 0.5) is 5.13 Å². The van der Waals surface area contributed by atoms with E-state index in [2.05, 4.69) is 25.8 Å². The van der Waals surface area contributed by atoms with E-state index in [1.54, 1.807) is 4.68 Å². The summed E-state index contributed by atoms with van der Waals surface area (Å²) in [6, 6.07) is 17.4. The molecule has 136 valence electrons. The molecule has 4 aromatic rings. The van der Waals surface area contributed by atoms with Crippen LogP contribution in [0.2, 0.25) is 0 Å². The first kappa shape index (κ1) is 17.6. The number of hydrogen-bond acceptors (Lipinski definition) is 7. The number of rotatable bonds is 6. The fraction of sp³-hybridized carbons (Fsp3) is 0.167. The largest absolute Gasteiger partial charge is 0.301 e. The molecule has 2 heterocycles. The molecule has 0 aliphatic carbocycles. The number of anilines is 1. The quantitative estimate of drug-likeness (QED) is 0.499. The second kappa shape index (κ2) is 7.85. The molecule has 0 unspecified atom stereocenters. The third-order valence-electron chi connectivity index (χ3n) is 3.88. The first-order chi connectivity index (χ1) is 13.2. The number of nitrogens with one attached hydrogen (secondary N) is 1. The fourth-order valence-electron chi connectivity index (χ4n) is 2.54. The molecule has 0 aliphatic heterocycles. The average Bonchev–Trinajstić information content (AvgIpc) is 3.32. The van der Waals surface area contributed by atoms with Gasteiger partial charge in [0.1, 0.15) is 0 Å². The molecule has 2 aromatic carbocycles. The molecule has 1 N–H and O–H groups in total. The Bertz CT molecular complexity index is 1030. The smallest absolute Gasteiger partial charge is 0.239 e. The van der Waals surface area contributed by atoms with Crippen LogP contribution in [0.15, 0.2) is 59.8 Å². The topological polar surface area (TPSA) is 85.6 Å². The first-order valence-electron chi connectivity index (χ1n) is 8.41. The number of thioether (sulfide) groups is 1. The van der Waals surface area contributed by atoms with Crippen molar-refractivity contribution < 1.29 is 4.79 Å². The molecule has 4 rings (SSSR count). The molecule has 0 fully saturated rings. The maximum absolute atomic E-state index is 12.8. The van der Waals surface area contributed by atoms with Gasteiger partial charge >= 0.3 is 0 Å². The van der Waals surface area contributed by atoms with E-state index in [1.165, 1.54) is 23.1 Å². The molecular formula is C18H16N6OS2. The Labute approximate surface area is 163 Å². The van der Waals surface area contributed by atoms with Crippen molar-refractivity contribution in [2.75, 3.05) is 5.32 Å². The Morgan fingerprint density at radius 2 is 1.96 bits per heavy atom. The highest BCUT2D eigenvalue weighted by atomic mass is 32.2. The second-order valence-corrected chi connectivity index (χ2v) is 7.90. The lowest BCUT2D eigenvalue weighted by Gasteiger charge is -2.12. The van der Waals surface area contributed by atoms with Gasteiger partial charge in [0.25, 0.3) is 0 Å². The van der Waals surface area contributed by atoms with Crippen LogP contribution in [0.3, 0.4) is 0 Å². The van der Waals surface area contributed by atoms with Crippen LogP contribution in [-0.4, -0.2) is 36.3 Å². The highest BCUT2D eigenvalue weighted by Gasteiger charge is 2.23. The SMILES string of the molecule is CC[C@@H](Sc1nnnn1-c1ccccc1)C(=O)Nc1nc2ccccc2s1. The summed E-state index contributed by atoms with van der Waals surface area (Å²) in [6.45, 7) is 1.96. The Balaban J connectivity index is 1.51. The van der Waals surface area contributed by atoms with E-state index in [4.69, 9.17) is 0 Å². The van der Waals surface area contributed by atoms with E-state index >= 15 is 0 Å². The molecule has 7 nitrogen and oxygen atoms in total. The highest BCUT2D eigenvalue weighted by Crippen LogP contribution is 2.29. The van der Waals surface area contributed by atoms with Crippen LogP contribution >= 0.6 is 23.1 Å². The molecule has 0 radical (unpaired) electrons. The third-order valence-corrected chi connectivity index (χ3v) is 6.13. The lowest BCUT2D eigenvalue weighted by atomic mass is 10.3. The van der Waals surface area contributed by atoms with E-state index in [9.17, 15) is 4.79 Å². The van der Waals surface area contributed by atoms with Gasteiger partial charge in [0.15, 0.2) is 5.13 Å². The van der Waals surface area contributed by atoms with Crippen molar-refractivity contribution in [2.45, 2.75) is 23.8 Å². The van der Waals surface area contributed by atoms with Crippen LogP contribution in [0, 0.1) is 0 Å². The number of amides is 1. The highest BCUT2D eigenvalue weighted by molar-refractivity contribution is 8.00. The summed E-state index contributed by atoms with van der Waals surface area (Å²) in [5, 5.41) is 15.6. The van der Waals surface area contributed by atoms with Crippen molar-refractivity contribution in [1.82, 2.24) is 25.2 Å². The van der Waals surface area contributed by atoms with Gasteiger partial charge in [-0.2, -0.15) is 4.68 Å². The van der Waals surface area contributed by atoms with Crippen LogP contribution in [0.1, 0.15) is 13.3 Å². The van der Waals surface area contributed by atoms with E-state index < -0.39 is 0 Å². The summed E-state index contributed by atoms with van der Waals surface area (Å²) in [7, 11) is 0. The monoisotopic (exact) mass is 396 g/mol. The number of hydrogen-bond donors (Lipinski definition) is 1. The molecule has 0 saturated heterocycles. The second-order valence-electron chi connectivity index (χ2n) is 5.70. The Hall–Kier alpha value is -2.78.